The molecular weight excluding hydrogens is 174 g/mol. The van der Waals surface area contributed by atoms with Crippen LogP contribution >= 0.6 is 0 Å². The van der Waals surface area contributed by atoms with Crippen molar-refractivity contribution in [2.75, 3.05) is 0 Å². The lowest BCUT2D eigenvalue weighted by Gasteiger charge is -2.05. The van der Waals surface area contributed by atoms with Gasteiger partial charge in [-0.1, -0.05) is 13.0 Å². The summed E-state index contributed by atoms with van der Waals surface area (Å²) in [6.07, 6.45) is 4.44. The average Bonchev–Trinajstić information content (AvgIpc) is 2.70. The maximum Gasteiger partial charge on any atom is 0.0859 e. The molecule has 0 saturated heterocycles. The Bertz CT molecular complexity index is 418. The van der Waals surface area contributed by atoms with E-state index in [9.17, 15) is 0 Å². The monoisotopic (exact) mass is 187 g/mol. The van der Waals surface area contributed by atoms with Crippen LogP contribution in [0, 0.1) is 6.92 Å². The van der Waals surface area contributed by atoms with Crippen molar-refractivity contribution in [2.45, 2.75) is 20.3 Å². The van der Waals surface area contributed by atoms with Gasteiger partial charge in [-0.2, -0.15) is 15.0 Å². The van der Waals surface area contributed by atoms with Crippen LogP contribution in [0.5, 0.6) is 0 Å². The van der Waals surface area contributed by atoms with E-state index in [2.05, 4.69) is 36.2 Å². The fourth-order valence-electron chi connectivity index (χ4n) is 1.55. The van der Waals surface area contributed by atoms with Crippen molar-refractivity contribution in [3.8, 4) is 5.69 Å². The molecule has 2 aromatic rings. The van der Waals surface area contributed by atoms with Gasteiger partial charge >= 0.3 is 0 Å². The molecule has 14 heavy (non-hydrogen) atoms. The molecule has 0 atom stereocenters. The van der Waals surface area contributed by atoms with Crippen LogP contribution in [0.3, 0.4) is 0 Å². The van der Waals surface area contributed by atoms with Gasteiger partial charge in [0.15, 0.2) is 0 Å². The number of aromatic nitrogens is 3. The highest BCUT2D eigenvalue weighted by Crippen LogP contribution is 2.13. The van der Waals surface area contributed by atoms with E-state index in [1.807, 2.05) is 6.07 Å². The molecule has 0 N–H and O–H groups in total. The van der Waals surface area contributed by atoms with Gasteiger partial charge in [0.2, 0.25) is 0 Å². The summed E-state index contributed by atoms with van der Waals surface area (Å²) in [7, 11) is 0. The van der Waals surface area contributed by atoms with Crippen LogP contribution in [0.2, 0.25) is 0 Å². The van der Waals surface area contributed by atoms with Crippen molar-refractivity contribution in [1.82, 2.24) is 15.0 Å². The minimum atomic E-state index is 1.02. The predicted molar refractivity (Wildman–Crippen MR) is 55.5 cm³/mol. The Morgan fingerprint density at radius 1 is 1.21 bits per heavy atom. The van der Waals surface area contributed by atoms with Crippen molar-refractivity contribution < 1.29 is 0 Å². The first-order chi connectivity index (χ1) is 6.81. The summed E-state index contributed by atoms with van der Waals surface area (Å²) >= 11 is 0. The lowest BCUT2D eigenvalue weighted by molar-refractivity contribution is 0.750. The van der Waals surface area contributed by atoms with Crippen molar-refractivity contribution >= 4 is 0 Å². The minimum absolute atomic E-state index is 1.02. The van der Waals surface area contributed by atoms with E-state index in [0.717, 1.165) is 12.1 Å². The normalized spacial score (nSPS) is 10.4. The van der Waals surface area contributed by atoms with Gasteiger partial charge in [0, 0.05) is 0 Å². The molecule has 0 unspecified atom stereocenters. The fourth-order valence-corrected chi connectivity index (χ4v) is 1.55. The molecular formula is C11H13N3. The first kappa shape index (κ1) is 8.94. The first-order valence-corrected chi connectivity index (χ1v) is 4.77. The van der Waals surface area contributed by atoms with E-state index in [-0.39, 0.29) is 0 Å². The summed E-state index contributed by atoms with van der Waals surface area (Å²) in [4.78, 5) is 1.63. The van der Waals surface area contributed by atoms with Crippen LogP contribution in [-0.4, -0.2) is 15.0 Å². The zero-order valence-corrected chi connectivity index (χ0v) is 8.44. The molecule has 72 valence electrons. The van der Waals surface area contributed by atoms with E-state index in [0.29, 0.717) is 0 Å². The number of aryl methyl sites for hydroxylation is 2. The summed E-state index contributed by atoms with van der Waals surface area (Å²) < 4.78 is 0. The Kier molecular flexibility index (Phi) is 2.31. The van der Waals surface area contributed by atoms with Crippen LogP contribution in [-0.2, 0) is 6.42 Å². The number of hydrogen-bond acceptors (Lipinski definition) is 2. The van der Waals surface area contributed by atoms with Gasteiger partial charge in [-0.3, -0.25) is 0 Å². The summed E-state index contributed by atoms with van der Waals surface area (Å²) in [5.74, 6) is 0. The maximum absolute atomic E-state index is 4.09. The SMILES string of the molecule is CCc1ccc(-n2nccn2)cc1C. The second-order valence-corrected chi connectivity index (χ2v) is 3.28. The average molecular weight is 187 g/mol. The Hall–Kier alpha value is -1.64. The summed E-state index contributed by atoms with van der Waals surface area (Å²) in [6, 6.07) is 6.29. The molecule has 0 amide bonds. The highest BCUT2D eigenvalue weighted by molar-refractivity contribution is 5.38. The molecule has 0 aliphatic carbocycles. The Labute approximate surface area is 83.4 Å². The molecule has 2 rings (SSSR count). The Morgan fingerprint density at radius 2 is 1.93 bits per heavy atom. The molecule has 0 radical (unpaired) electrons. The lowest BCUT2D eigenvalue weighted by atomic mass is 10.1. The minimum Gasteiger partial charge on any atom is -0.157 e. The summed E-state index contributed by atoms with van der Waals surface area (Å²) in [6.45, 7) is 4.28. The van der Waals surface area contributed by atoms with Crippen LogP contribution in [0.1, 0.15) is 18.1 Å². The van der Waals surface area contributed by atoms with Gasteiger partial charge in [-0.15, -0.1) is 0 Å². The third kappa shape index (κ3) is 1.53. The van der Waals surface area contributed by atoms with E-state index in [1.165, 1.54) is 11.1 Å². The predicted octanol–water partition coefficient (Wildman–Crippen LogP) is 2.14. The highest BCUT2D eigenvalue weighted by Gasteiger charge is 2.00. The van der Waals surface area contributed by atoms with Gasteiger partial charge in [-0.25, -0.2) is 0 Å². The second kappa shape index (κ2) is 3.62. The number of hydrogen-bond donors (Lipinski definition) is 0. The lowest BCUT2D eigenvalue weighted by Crippen LogP contribution is -1.99. The maximum atomic E-state index is 4.09. The molecule has 3 heteroatoms. The quantitative estimate of drug-likeness (QED) is 0.721. The van der Waals surface area contributed by atoms with Crippen molar-refractivity contribution in [1.29, 1.82) is 0 Å². The molecule has 1 aromatic carbocycles. The van der Waals surface area contributed by atoms with E-state index < -0.39 is 0 Å². The van der Waals surface area contributed by atoms with Gasteiger partial charge < -0.3 is 0 Å². The smallest absolute Gasteiger partial charge is 0.0859 e. The molecule has 0 bridgehead atoms. The molecule has 1 aromatic heterocycles. The Morgan fingerprint density at radius 3 is 2.50 bits per heavy atom. The summed E-state index contributed by atoms with van der Waals surface area (Å²) in [5.41, 5.74) is 3.69. The Balaban J connectivity index is 2.43. The van der Waals surface area contributed by atoms with Crippen LogP contribution < -0.4 is 0 Å². The third-order valence-corrected chi connectivity index (χ3v) is 2.36. The number of benzene rings is 1. The molecule has 0 aliphatic heterocycles. The standard InChI is InChI=1S/C11H13N3/c1-3-10-4-5-11(8-9(10)2)14-12-6-7-13-14/h4-8H,3H2,1-2H3. The zero-order valence-electron chi connectivity index (χ0n) is 8.44. The summed E-state index contributed by atoms with van der Waals surface area (Å²) in [5, 5.41) is 8.18. The number of nitrogens with zero attached hydrogens (tertiary/aromatic N) is 3. The topological polar surface area (TPSA) is 30.7 Å². The molecule has 1 heterocycles. The largest absolute Gasteiger partial charge is 0.157 e. The second-order valence-electron chi connectivity index (χ2n) is 3.28. The van der Waals surface area contributed by atoms with Gasteiger partial charge in [0.1, 0.15) is 0 Å². The van der Waals surface area contributed by atoms with Crippen molar-refractivity contribution in [3.63, 3.8) is 0 Å². The van der Waals surface area contributed by atoms with E-state index in [1.54, 1.807) is 17.2 Å². The van der Waals surface area contributed by atoms with Crippen LogP contribution in [0.4, 0.5) is 0 Å². The van der Waals surface area contributed by atoms with Gasteiger partial charge in [-0.05, 0) is 36.6 Å². The van der Waals surface area contributed by atoms with E-state index in [4.69, 9.17) is 0 Å². The molecule has 0 aliphatic rings. The van der Waals surface area contributed by atoms with E-state index >= 15 is 0 Å². The molecule has 0 saturated carbocycles. The highest BCUT2D eigenvalue weighted by atomic mass is 15.5. The molecule has 0 fully saturated rings. The van der Waals surface area contributed by atoms with Crippen molar-refractivity contribution in [2.24, 2.45) is 0 Å². The van der Waals surface area contributed by atoms with Crippen LogP contribution in [0.25, 0.3) is 5.69 Å². The van der Waals surface area contributed by atoms with Crippen molar-refractivity contribution in [3.05, 3.63) is 41.7 Å². The molecule has 3 nitrogen and oxygen atoms in total. The third-order valence-electron chi connectivity index (χ3n) is 2.36. The zero-order chi connectivity index (χ0) is 9.97. The number of rotatable bonds is 2. The van der Waals surface area contributed by atoms with Gasteiger partial charge in [0.25, 0.3) is 0 Å². The molecule has 0 spiro atoms. The first-order valence-electron chi connectivity index (χ1n) is 4.77. The van der Waals surface area contributed by atoms with Gasteiger partial charge in [0.05, 0.1) is 18.1 Å². The fraction of sp³-hybridized carbons (Fsp3) is 0.273. The van der Waals surface area contributed by atoms with Crippen LogP contribution in [0.15, 0.2) is 30.6 Å².